The molecule has 1 rings (SSSR count). The summed E-state index contributed by atoms with van der Waals surface area (Å²) in [7, 11) is 0. The van der Waals surface area contributed by atoms with Crippen molar-refractivity contribution in [3.63, 3.8) is 0 Å². The Morgan fingerprint density at radius 3 is 2.25 bits per heavy atom. The van der Waals surface area contributed by atoms with Gasteiger partial charge in [-0.15, -0.1) is 0 Å². The van der Waals surface area contributed by atoms with Gasteiger partial charge < -0.3 is 5.73 Å². The number of hydrogen-bond donors (Lipinski definition) is 1. The predicted molar refractivity (Wildman–Crippen MR) is 76.5 cm³/mol. The van der Waals surface area contributed by atoms with E-state index >= 15 is 0 Å². The lowest BCUT2D eigenvalue weighted by Crippen LogP contribution is -2.04. The van der Waals surface area contributed by atoms with E-state index < -0.39 is 0 Å². The molecule has 0 aromatic carbocycles. The van der Waals surface area contributed by atoms with E-state index in [9.17, 15) is 0 Å². The maximum absolute atomic E-state index is 5.50. The Hall–Kier alpha value is -1.26. The lowest BCUT2D eigenvalue weighted by atomic mass is 10.0. The van der Waals surface area contributed by atoms with Crippen LogP contribution in [0.25, 0.3) is 0 Å². The molecule has 0 radical (unpaired) electrons. The molecule has 0 atom stereocenters. The molecule has 0 bridgehead atoms. The molecule has 0 saturated heterocycles. The standard InChI is InChI=1S/C10H11N.2C2H6.CH4/c1-2-5-9-6-3-4-7-10(9)8-11;2*1-2;/h2-3,5-6H,8,11H2,1H3;2*1-2H3;1H4/b5-2-;;;. The molecule has 1 nitrogen and oxygen atoms in total. The zero-order chi connectivity index (χ0) is 12.1. The number of hydrogen-bond acceptors (Lipinski definition) is 1. The minimum atomic E-state index is 0. The van der Waals surface area contributed by atoms with Gasteiger partial charge >= 0.3 is 0 Å². The van der Waals surface area contributed by atoms with Crippen LogP contribution >= 0.6 is 0 Å². The normalized spacial score (nSPS) is 11.4. The van der Waals surface area contributed by atoms with Crippen molar-refractivity contribution in [2.24, 2.45) is 5.73 Å². The monoisotopic (exact) mass is 221 g/mol. The molecule has 0 aromatic rings. The number of rotatable bonds is 2. The number of allylic oxidation sites excluding steroid dienone is 4. The SMILES string of the molecule is C.C/C=C\C1=CC=C=C=C1CN.CC.CC. The van der Waals surface area contributed by atoms with Crippen LogP contribution in [-0.4, -0.2) is 6.54 Å². The predicted octanol–water partition coefficient (Wildman–Crippen LogP) is 4.39. The maximum atomic E-state index is 5.50. The number of nitrogens with two attached hydrogens (primary N) is 1. The van der Waals surface area contributed by atoms with Gasteiger partial charge in [-0.3, -0.25) is 0 Å². The van der Waals surface area contributed by atoms with Crippen LogP contribution in [0.15, 0.2) is 46.9 Å². The van der Waals surface area contributed by atoms with Crippen LogP contribution in [0.3, 0.4) is 0 Å². The highest BCUT2D eigenvalue weighted by molar-refractivity contribution is 5.44. The molecule has 2 N–H and O–H groups in total. The summed E-state index contributed by atoms with van der Waals surface area (Å²) in [5.41, 5.74) is 13.5. The van der Waals surface area contributed by atoms with Gasteiger partial charge in [0.2, 0.25) is 0 Å². The molecule has 16 heavy (non-hydrogen) atoms. The van der Waals surface area contributed by atoms with Gasteiger partial charge in [0.15, 0.2) is 0 Å². The van der Waals surface area contributed by atoms with Crippen LogP contribution in [0.4, 0.5) is 0 Å². The Morgan fingerprint density at radius 2 is 1.81 bits per heavy atom. The molecule has 0 aliphatic heterocycles. The molecule has 1 heteroatoms. The third-order valence-corrected chi connectivity index (χ3v) is 1.47. The van der Waals surface area contributed by atoms with Gasteiger partial charge in [0.25, 0.3) is 0 Å². The van der Waals surface area contributed by atoms with E-state index in [0.29, 0.717) is 6.54 Å². The summed E-state index contributed by atoms with van der Waals surface area (Å²) in [5.74, 6) is 0. The third-order valence-electron chi connectivity index (χ3n) is 1.47. The fourth-order valence-electron chi connectivity index (χ4n) is 0.938. The summed E-state index contributed by atoms with van der Waals surface area (Å²) in [6.07, 6.45) is 7.84. The van der Waals surface area contributed by atoms with Gasteiger partial charge in [-0.05, 0) is 24.6 Å². The van der Waals surface area contributed by atoms with E-state index in [1.165, 1.54) is 0 Å². The maximum Gasteiger partial charge on any atom is 0.0265 e. The zero-order valence-electron chi connectivity index (χ0n) is 10.6. The van der Waals surface area contributed by atoms with Gasteiger partial charge in [-0.2, -0.15) is 0 Å². The van der Waals surface area contributed by atoms with Crippen molar-refractivity contribution in [1.82, 2.24) is 0 Å². The van der Waals surface area contributed by atoms with Crippen molar-refractivity contribution in [3.05, 3.63) is 46.9 Å². The molecule has 0 heterocycles. The first kappa shape index (κ1) is 20.2. The average Bonchev–Trinajstić information content (AvgIpc) is 2.35. The molecule has 0 spiro atoms. The lowest BCUT2D eigenvalue weighted by molar-refractivity contribution is 1.16. The zero-order valence-corrected chi connectivity index (χ0v) is 10.6. The fraction of sp³-hybridized carbons (Fsp3) is 0.467. The molecular weight excluding hydrogens is 194 g/mol. The van der Waals surface area contributed by atoms with Crippen LogP contribution in [0.1, 0.15) is 42.0 Å². The van der Waals surface area contributed by atoms with Gasteiger partial charge in [0.05, 0.1) is 0 Å². The Bertz CT molecular complexity index is 293. The first-order valence-corrected chi connectivity index (χ1v) is 5.62. The summed E-state index contributed by atoms with van der Waals surface area (Å²) in [5, 5.41) is 0. The molecule has 1 aliphatic rings. The average molecular weight is 221 g/mol. The second-order valence-corrected chi connectivity index (χ2v) is 2.24. The highest BCUT2D eigenvalue weighted by Crippen LogP contribution is 2.10. The van der Waals surface area contributed by atoms with E-state index in [1.54, 1.807) is 0 Å². The van der Waals surface area contributed by atoms with Crippen LogP contribution < -0.4 is 5.73 Å². The third kappa shape index (κ3) is 8.08. The minimum absolute atomic E-state index is 0. The molecule has 1 aliphatic carbocycles. The summed E-state index contributed by atoms with van der Waals surface area (Å²) >= 11 is 0. The molecule has 0 fully saturated rings. The molecule has 0 aromatic heterocycles. The highest BCUT2D eigenvalue weighted by Gasteiger charge is 1.98. The summed E-state index contributed by atoms with van der Waals surface area (Å²) in [4.78, 5) is 0. The van der Waals surface area contributed by atoms with Crippen molar-refractivity contribution in [2.45, 2.75) is 42.0 Å². The Morgan fingerprint density at radius 1 is 1.25 bits per heavy atom. The summed E-state index contributed by atoms with van der Waals surface area (Å²) < 4.78 is 0. The molecule has 0 saturated carbocycles. The molecule has 0 unspecified atom stereocenters. The van der Waals surface area contributed by atoms with Crippen LogP contribution in [0, 0.1) is 0 Å². The first-order valence-electron chi connectivity index (χ1n) is 5.62. The van der Waals surface area contributed by atoms with Crippen LogP contribution in [0.5, 0.6) is 0 Å². The minimum Gasteiger partial charge on any atom is -0.326 e. The first-order chi connectivity index (χ1) is 7.38. The van der Waals surface area contributed by atoms with Crippen LogP contribution in [-0.2, 0) is 0 Å². The quantitative estimate of drug-likeness (QED) is 0.688. The highest BCUT2D eigenvalue weighted by atomic mass is 14.5. The Balaban J connectivity index is -0.000000305. The Labute approximate surface area is 102 Å². The smallest absolute Gasteiger partial charge is 0.0265 e. The Kier molecular flexibility index (Phi) is 20.4. The van der Waals surface area contributed by atoms with Crippen molar-refractivity contribution in [3.8, 4) is 0 Å². The van der Waals surface area contributed by atoms with Gasteiger partial charge in [0, 0.05) is 12.1 Å². The van der Waals surface area contributed by atoms with Gasteiger partial charge in [-0.1, -0.05) is 58.7 Å². The summed E-state index contributed by atoms with van der Waals surface area (Å²) in [6, 6.07) is 0. The van der Waals surface area contributed by atoms with Crippen molar-refractivity contribution >= 4 is 0 Å². The van der Waals surface area contributed by atoms with E-state index in [2.05, 4.69) is 11.5 Å². The summed E-state index contributed by atoms with van der Waals surface area (Å²) in [6.45, 7) is 10.5. The van der Waals surface area contributed by atoms with Gasteiger partial charge in [-0.25, -0.2) is 0 Å². The molecule has 0 amide bonds. The fourth-order valence-corrected chi connectivity index (χ4v) is 0.938. The van der Waals surface area contributed by atoms with E-state index in [4.69, 9.17) is 5.73 Å². The topological polar surface area (TPSA) is 26.0 Å². The molecule has 92 valence electrons. The van der Waals surface area contributed by atoms with Crippen molar-refractivity contribution < 1.29 is 0 Å². The van der Waals surface area contributed by atoms with E-state index in [-0.39, 0.29) is 7.43 Å². The second kappa shape index (κ2) is 16.2. The van der Waals surface area contributed by atoms with Gasteiger partial charge in [0.1, 0.15) is 0 Å². The lowest BCUT2D eigenvalue weighted by Gasteiger charge is -2.01. The van der Waals surface area contributed by atoms with Crippen LogP contribution in [0.2, 0.25) is 0 Å². The van der Waals surface area contributed by atoms with E-state index in [1.807, 2.05) is 58.9 Å². The van der Waals surface area contributed by atoms with E-state index in [0.717, 1.165) is 11.1 Å². The second-order valence-electron chi connectivity index (χ2n) is 2.24. The van der Waals surface area contributed by atoms with Crippen molar-refractivity contribution in [2.75, 3.05) is 6.54 Å². The largest absolute Gasteiger partial charge is 0.326 e. The van der Waals surface area contributed by atoms with Crippen molar-refractivity contribution in [1.29, 1.82) is 0 Å². The molecular formula is C15H27N.